The van der Waals surface area contributed by atoms with Gasteiger partial charge in [0.25, 0.3) is 0 Å². The van der Waals surface area contributed by atoms with E-state index in [-0.39, 0.29) is 11.9 Å². The van der Waals surface area contributed by atoms with E-state index in [1.807, 2.05) is 30.3 Å². The van der Waals surface area contributed by atoms with E-state index < -0.39 is 24.1 Å². The summed E-state index contributed by atoms with van der Waals surface area (Å²) in [7, 11) is 0. The molecule has 1 heterocycles. The van der Waals surface area contributed by atoms with Gasteiger partial charge in [-0.15, -0.1) is 0 Å². The number of benzene rings is 1. The summed E-state index contributed by atoms with van der Waals surface area (Å²) in [5.41, 5.74) is 1.11. The zero-order valence-electron chi connectivity index (χ0n) is 18.7. The van der Waals surface area contributed by atoms with Crippen LogP contribution in [0.2, 0.25) is 0 Å². The van der Waals surface area contributed by atoms with Crippen LogP contribution >= 0.6 is 0 Å². The van der Waals surface area contributed by atoms with Gasteiger partial charge in [-0.2, -0.15) is 0 Å². The molecular weight excluding hydrogens is 396 g/mol. The number of ether oxygens (including phenoxy) is 1. The average molecular weight is 433 g/mol. The number of likely N-dealkylation sites (tertiary alicyclic amines) is 1. The van der Waals surface area contributed by atoms with Crippen LogP contribution in [-0.4, -0.2) is 59.1 Å². The topological polar surface area (TPSA) is 95.9 Å². The van der Waals surface area contributed by atoms with E-state index in [9.17, 15) is 19.5 Å². The molecule has 7 heteroatoms. The second-order valence-corrected chi connectivity index (χ2v) is 8.22. The molecule has 0 unspecified atom stereocenters. The summed E-state index contributed by atoms with van der Waals surface area (Å²) in [6.07, 6.45) is 6.38. The van der Waals surface area contributed by atoms with Crippen molar-refractivity contribution in [1.29, 1.82) is 0 Å². The molecule has 1 aliphatic rings. The molecule has 0 spiro atoms. The first-order valence-electron chi connectivity index (χ1n) is 11.4. The molecule has 1 saturated heterocycles. The lowest BCUT2D eigenvalue weighted by molar-refractivity contribution is -0.150. The average Bonchev–Trinajstić information content (AvgIpc) is 3.26. The fraction of sp³-hybridized carbons (Fsp3) is 0.625. The molecule has 31 heavy (non-hydrogen) atoms. The van der Waals surface area contributed by atoms with Crippen molar-refractivity contribution in [3.8, 4) is 0 Å². The van der Waals surface area contributed by atoms with Crippen LogP contribution < -0.4 is 5.32 Å². The van der Waals surface area contributed by atoms with Crippen LogP contribution in [0.25, 0.3) is 0 Å². The van der Waals surface area contributed by atoms with Gasteiger partial charge in [-0.1, -0.05) is 56.5 Å². The van der Waals surface area contributed by atoms with Gasteiger partial charge < -0.3 is 14.7 Å². The fourth-order valence-corrected chi connectivity index (χ4v) is 3.94. The van der Waals surface area contributed by atoms with Crippen molar-refractivity contribution >= 4 is 17.8 Å². The van der Waals surface area contributed by atoms with Gasteiger partial charge in [0.1, 0.15) is 12.1 Å². The molecule has 172 valence electrons. The number of nitrogens with one attached hydrogen (secondary N) is 1. The minimum Gasteiger partial charge on any atom is -0.480 e. The first-order valence-corrected chi connectivity index (χ1v) is 11.4. The lowest BCUT2D eigenvalue weighted by Gasteiger charge is -2.28. The molecule has 7 nitrogen and oxygen atoms in total. The number of rotatable bonds is 13. The highest BCUT2D eigenvalue weighted by atomic mass is 16.5. The maximum absolute atomic E-state index is 12.9. The number of hydrogen-bond donors (Lipinski definition) is 2. The van der Waals surface area contributed by atoms with Crippen LogP contribution in [0.4, 0.5) is 0 Å². The van der Waals surface area contributed by atoms with Crippen molar-refractivity contribution in [2.75, 3.05) is 13.2 Å². The molecule has 3 atom stereocenters. The third kappa shape index (κ3) is 7.98. The first kappa shape index (κ1) is 24.9. The highest BCUT2D eigenvalue weighted by Crippen LogP contribution is 2.19. The van der Waals surface area contributed by atoms with Crippen LogP contribution in [0.3, 0.4) is 0 Å². The molecule has 1 aliphatic heterocycles. The highest BCUT2D eigenvalue weighted by molar-refractivity contribution is 5.88. The van der Waals surface area contributed by atoms with Gasteiger partial charge in [0.2, 0.25) is 5.91 Å². The highest BCUT2D eigenvalue weighted by Gasteiger charge is 2.37. The maximum atomic E-state index is 12.9. The molecule has 1 fully saturated rings. The van der Waals surface area contributed by atoms with Crippen LogP contribution in [-0.2, 0) is 25.5 Å². The van der Waals surface area contributed by atoms with Gasteiger partial charge in [0, 0.05) is 6.54 Å². The number of esters is 1. The van der Waals surface area contributed by atoms with Crippen LogP contribution in [0.15, 0.2) is 30.3 Å². The second-order valence-electron chi connectivity index (χ2n) is 8.22. The number of aryl methyl sites for hydroxylation is 1. The number of hydrogen-bond acceptors (Lipinski definition) is 5. The van der Waals surface area contributed by atoms with Crippen molar-refractivity contribution in [2.45, 2.75) is 83.3 Å². The predicted octanol–water partition coefficient (Wildman–Crippen LogP) is 3.17. The Morgan fingerprint density at radius 1 is 1.19 bits per heavy atom. The number of carbonyl (C=O) groups excluding carboxylic acids is 2. The Bertz CT molecular complexity index is 709. The molecule has 0 radical (unpaired) electrons. The Morgan fingerprint density at radius 2 is 1.94 bits per heavy atom. The van der Waals surface area contributed by atoms with E-state index >= 15 is 0 Å². The van der Waals surface area contributed by atoms with Gasteiger partial charge >= 0.3 is 11.9 Å². The summed E-state index contributed by atoms with van der Waals surface area (Å²) < 4.78 is 5.48. The number of carboxylic acids is 1. The lowest BCUT2D eigenvalue weighted by Crippen LogP contribution is -2.53. The first-order chi connectivity index (χ1) is 14.9. The maximum Gasteiger partial charge on any atom is 0.326 e. The van der Waals surface area contributed by atoms with Gasteiger partial charge in [0.15, 0.2) is 0 Å². The second kappa shape index (κ2) is 13.1. The smallest absolute Gasteiger partial charge is 0.326 e. The summed E-state index contributed by atoms with van der Waals surface area (Å²) in [6.45, 7) is 4.61. The van der Waals surface area contributed by atoms with Gasteiger partial charge in [-0.05, 0) is 44.6 Å². The molecular formula is C24H36N2O5. The largest absolute Gasteiger partial charge is 0.480 e. The van der Waals surface area contributed by atoms with Gasteiger partial charge in [-0.3, -0.25) is 14.9 Å². The summed E-state index contributed by atoms with van der Waals surface area (Å²) in [4.78, 5) is 38.5. The van der Waals surface area contributed by atoms with E-state index in [1.165, 1.54) is 4.90 Å². The number of carboxylic acid groups (broad SMARTS) is 1. The zero-order chi connectivity index (χ0) is 22.6. The predicted molar refractivity (Wildman–Crippen MR) is 119 cm³/mol. The number of amides is 1. The van der Waals surface area contributed by atoms with Gasteiger partial charge in [-0.25, -0.2) is 4.79 Å². The SMILES string of the molecule is CCCCCCOC(=O)[C@H](CCc1ccccc1)N[C@@H](C)C(=O)N1CCC[C@H]1C(=O)O. The van der Waals surface area contributed by atoms with E-state index in [0.29, 0.717) is 38.8 Å². The summed E-state index contributed by atoms with van der Waals surface area (Å²) in [5.74, 6) is -1.63. The molecule has 2 rings (SSSR count). The van der Waals surface area contributed by atoms with Gasteiger partial charge in [0.05, 0.1) is 12.6 Å². The lowest BCUT2D eigenvalue weighted by atomic mass is 10.0. The molecule has 0 bridgehead atoms. The third-order valence-corrected chi connectivity index (χ3v) is 5.73. The Labute approximate surface area is 185 Å². The number of nitrogens with zero attached hydrogens (tertiary/aromatic N) is 1. The standard InChI is InChI=1S/C24H36N2O5/c1-3-4-5-9-17-31-24(30)20(15-14-19-11-7-6-8-12-19)25-18(2)22(27)26-16-10-13-21(26)23(28)29/h6-8,11-12,18,20-21,25H,3-5,9-10,13-17H2,1-2H3,(H,28,29)/t18-,20-,21-/m0/s1. The van der Waals surface area contributed by atoms with Crippen molar-refractivity contribution in [3.05, 3.63) is 35.9 Å². The van der Waals surface area contributed by atoms with Crippen LogP contribution in [0.1, 0.15) is 64.4 Å². The monoisotopic (exact) mass is 432 g/mol. The van der Waals surface area contributed by atoms with Crippen LogP contribution in [0, 0.1) is 0 Å². The number of unbranched alkanes of at least 4 members (excludes halogenated alkanes) is 3. The Balaban J connectivity index is 1.97. The summed E-state index contributed by atoms with van der Waals surface area (Å²) in [5, 5.41) is 12.5. The zero-order valence-corrected chi connectivity index (χ0v) is 18.7. The van der Waals surface area contributed by atoms with Crippen molar-refractivity contribution in [3.63, 3.8) is 0 Å². The normalized spacial score (nSPS) is 17.9. The number of carbonyl (C=O) groups is 3. The molecule has 0 saturated carbocycles. The summed E-state index contributed by atoms with van der Waals surface area (Å²) >= 11 is 0. The minimum atomic E-state index is -0.981. The van der Waals surface area contributed by atoms with E-state index in [4.69, 9.17) is 4.74 Å². The summed E-state index contributed by atoms with van der Waals surface area (Å²) in [6, 6.07) is 7.77. The molecule has 1 amide bonds. The van der Waals surface area contributed by atoms with Crippen LogP contribution in [0.5, 0.6) is 0 Å². The molecule has 2 N–H and O–H groups in total. The molecule has 0 aliphatic carbocycles. The van der Waals surface area contributed by atoms with E-state index in [2.05, 4.69) is 12.2 Å². The van der Waals surface area contributed by atoms with Crippen molar-refractivity contribution in [1.82, 2.24) is 10.2 Å². The van der Waals surface area contributed by atoms with E-state index in [0.717, 1.165) is 31.2 Å². The third-order valence-electron chi connectivity index (χ3n) is 5.73. The van der Waals surface area contributed by atoms with Crippen molar-refractivity contribution < 1.29 is 24.2 Å². The minimum absolute atomic E-state index is 0.287. The van der Waals surface area contributed by atoms with E-state index in [1.54, 1.807) is 6.92 Å². The Kier molecular flexibility index (Phi) is 10.5. The molecule has 0 aromatic heterocycles. The van der Waals surface area contributed by atoms with Crippen molar-refractivity contribution in [2.24, 2.45) is 0 Å². The number of aliphatic carboxylic acids is 1. The molecule has 1 aromatic rings. The Hall–Kier alpha value is -2.41. The molecule has 1 aromatic carbocycles. The fourth-order valence-electron chi connectivity index (χ4n) is 3.94. The quantitative estimate of drug-likeness (QED) is 0.367. The Morgan fingerprint density at radius 3 is 2.61 bits per heavy atom.